The number of nitrogens with one attached hydrogen (secondary N) is 1. The van der Waals surface area contributed by atoms with Crippen molar-refractivity contribution in [2.24, 2.45) is 0 Å². The third-order valence-corrected chi connectivity index (χ3v) is 5.39. The summed E-state index contributed by atoms with van der Waals surface area (Å²) in [6.45, 7) is 9.23. The fourth-order valence-corrected chi connectivity index (χ4v) is 3.79. The van der Waals surface area contributed by atoms with Gasteiger partial charge in [0.05, 0.1) is 0 Å². The lowest BCUT2D eigenvalue weighted by molar-refractivity contribution is -0.121. The molecule has 1 N–H and O–H groups in total. The molecule has 1 fully saturated rings. The van der Waals surface area contributed by atoms with Gasteiger partial charge in [0.1, 0.15) is 5.01 Å². The van der Waals surface area contributed by atoms with Crippen LogP contribution in [0.1, 0.15) is 43.9 Å². The lowest BCUT2D eigenvalue weighted by Gasteiger charge is -2.35. The number of carbonyl (C=O) groups excluding carboxylic acids is 1. The first kappa shape index (κ1) is 16.3. The quantitative estimate of drug-likeness (QED) is 0.863. The van der Waals surface area contributed by atoms with E-state index in [1.54, 1.807) is 4.52 Å². The van der Waals surface area contributed by atoms with Gasteiger partial charge in [0.15, 0.2) is 5.82 Å². The van der Waals surface area contributed by atoms with E-state index in [2.05, 4.69) is 39.4 Å². The molecule has 0 saturated carbocycles. The summed E-state index contributed by atoms with van der Waals surface area (Å²) in [5, 5.41) is 16.4. The number of rotatable bonds is 6. The summed E-state index contributed by atoms with van der Waals surface area (Å²) in [6.07, 6.45) is 3.62. The van der Waals surface area contributed by atoms with Crippen molar-refractivity contribution in [2.75, 3.05) is 19.6 Å². The highest BCUT2D eigenvalue weighted by atomic mass is 32.1. The molecule has 0 atom stereocenters. The molecule has 0 spiro atoms. The van der Waals surface area contributed by atoms with E-state index in [4.69, 9.17) is 0 Å². The van der Waals surface area contributed by atoms with E-state index in [-0.39, 0.29) is 11.4 Å². The minimum atomic E-state index is 0.0246. The first-order valence-electron chi connectivity index (χ1n) is 8.15. The number of likely N-dealkylation sites (tertiary alicyclic amines) is 1. The van der Waals surface area contributed by atoms with Gasteiger partial charge in [-0.25, -0.2) is 0 Å². The Bertz CT molecular complexity index is 685. The van der Waals surface area contributed by atoms with Crippen LogP contribution in [0.4, 0.5) is 0 Å². The number of hydrogen-bond donors (Lipinski definition) is 1. The molecular formula is C15H24N6OS. The van der Waals surface area contributed by atoms with Gasteiger partial charge in [-0.3, -0.25) is 9.69 Å². The summed E-state index contributed by atoms with van der Waals surface area (Å²) in [4.78, 5) is 15.4. The molecule has 23 heavy (non-hydrogen) atoms. The largest absolute Gasteiger partial charge is 0.354 e. The molecular weight excluding hydrogens is 312 g/mol. The summed E-state index contributed by atoms with van der Waals surface area (Å²) >= 11 is 1.49. The van der Waals surface area contributed by atoms with Crippen molar-refractivity contribution in [1.29, 1.82) is 0 Å². The molecule has 2 aromatic heterocycles. The minimum absolute atomic E-state index is 0.0246. The van der Waals surface area contributed by atoms with Crippen LogP contribution in [0.2, 0.25) is 0 Å². The Kier molecular flexibility index (Phi) is 4.63. The molecule has 8 heteroatoms. The minimum Gasteiger partial charge on any atom is -0.354 e. The van der Waals surface area contributed by atoms with Crippen LogP contribution in [-0.2, 0) is 11.2 Å². The molecule has 1 saturated heterocycles. The maximum Gasteiger partial charge on any atom is 0.234 e. The Labute approximate surface area is 140 Å². The van der Waals surface area contributed by atoms with Crippen molar-refractivity contribution in [3.63, 3.8) is 0 Å². The summed E-state index contributed by atoms with van der Waals surface area (Å²) in [6, 6.07) is 0. The first-order valence-corrected chi connectivity index (χ1v) is 8.97. The van der Waals surface area contributed by atoms with Crippen molar-refractivity contribution >= 4 is 22.2 Å². The van der Waals surface area contributed by atoms with Gasteiger partial charge in [-0.05, 0) is 46.7 Å². The van der Waals surface area contributed by atoms with Gasteiger partial charge >= 0.3 is 0 Å². The number of amides is 1. The van der Waals surface area contributed by atoms with Crippen LogP contribution in [0.5, 0.6) is 0 Å². The topological polar surface area (TPSA) is 75.4 Å². The lowest BCUT2D eigenvalue weighted by Crippen LogP contribution is -2.50. The zero-order chi connectivity index (χ0) is 16.4. The summed E-state index contributed by atoms with van der Waals surface area (Å²) in [7, 11) is 0. The lowest BCUT2D eigenvalue weighted by atomic mass is 10.0. The second-order valence-corrected chi connectivity index (χ2v) is 7.76. The smallest absolute Gasteiger partial charge is 0.234 e. The highest BCUT2D eigenvalue weighted by Crippen LogP contribution is 2.20. The fraction of sp³-hybridized carbons (Fsp3) is 0.733. The van der Waals surface area contributed by atoms with Gasteiger partial charge in [0, 0.05) is 24.9 Å². The molecule has 1 aliphatic heterocycles. The van der Waals surface area contributed by atoms with Crippen molar-refractivity contribution < 1.29 is 4.79 Å². The highest BCUT2D eigenvalue weighted by Gasteiger charge is 2.29. The van der Waals surface area contributed by atoms with Crippen LogP contribution in [0.15, 0.2) is 0 Å². The maximum atomic E-state index is 12.1. The maximum absolute atomic E-state index is 12.1. The van der Waals surface area contributed by atoms with E-state index >= 15 is 0 Å². The van der Waals surface area contributed by atoms with Crippen molar-refractivity contribution in [3.8, 4) is 0 Å². The SMILES string of the molecule is Cc1nnc2sc(CCC(=O)NCC(C)(C)N3CCCC3)nn12. The van der Waals surface area contributed by atoms with Crippen molar-refractivity contribution in [3.05, 3.63) is 10.8 Å². The second kappa shape index (κ2) is 6.52. The molecule has 0 unspecified atom stereocenters. The molecule has 0 radical (unpaired) electrons. The molecule has 3 heterocycles. The summed E-state index contributed by atoms with van der Waals surface area (Å²) in [5.41, 5.74) is 0.0246. The molecule has 0 bridgehead atoms. The van der Waals surface area contributed by atoms with Crippen LogP contribution in [-0.4, -0.2) is 55.8 Å². The summed E-state index contributed by atoms with van der Waals surface area (Å²) < 4.78 is 1.73. The average Bonchev–Trinajstić information content (AvgIpc) is 3.22. The monoisotopic (exact) mass is 336 g/mol. The Morgan fingerprint density at radius 2 is 2.04 bits per heavy atom. The molecule has 7 nitrogen and oxygen atoms in total. The Hall–Kier alpha value is -1.54. The third kappa shape index (κ3) is 3.69. The first-order chi connectivity index (χ1) is 11.0. The van der Waals surface area contributed by atoms with E-state index in [0.29, 0.717) is 19.4 Å². The zero-order valence-corrected chi connectivity index (χ0v) is 14.8. The van der Waals surface area contributed by atoms with Crippen LogP contribution in [0.3, 0.4) is 0 Å². The van der Waals surface area contributed by atoms with Gasteiger partial charge < -0.3 is 5.32 Å². The predicted octanol–water partition coefficient (Wildman–Crippen LogP) is 1.42. The normalized spacial score (nSPS) is 16.3. The van der Waals surface area contributed by atoms with Gasteiger partial charge in [0.2, 0.25) is 10.9 Å². The van der Waals surface area contributed by atoms with Crippen molar-refractivity contribution in [2.45, 2.75) is 52.0 Å². The van der Waals surface area contributed by atoms with Crippen molar-refractivity contribution in [1.82, 2.24) is 30.0 Å². The van der Waals surface area contributed by atoms with E-state index in [9.17, 15) is 4.79 Å². The molecule has 2 aromatic rings. The zero-order valence-electron chi connectivity index (χ0n) is 14.0. The van der Waals surface area contributed by atoms with Gasteiger partial charge in [-0.2, -0.15) is 9.61 Å². The average molecular weight is 336 g/mol. The number of nitrogens with zero attached hydrogens (tertiary/aromatic N) is 5. The number of hydrogen-bond acceptors (Lipinski definition) is 6. The second-order valence-electron chi connectivity index (χ2n) is 6.72. The van der Waals surface area contributed by atoms with E-state index in [1.165, 1.54) is 24.2 Å². The van der Waals surface area contributed by atoms with Gasteiger partial charge in [-0.15, -0.1) is 10.2 Å². The molecule has 126 valence electrons. The number of aromatic nitrogens is 4. The Balaban J connectivity index is 1.47. The standard InChI is InChI=1S/C15H24N6OS/c1-11-17-18-14-21(11)19-13(23-14)7-6-12(22)16-10-15(2,3)20-8-4-5-9-20/h4-10H2,1-3H3,(H,16,22). The molecule has 1 amide bonds. The van der Waals surface area contributed by atoms with E-state index < -0.39 is 0 Å². The molecule has 1 aliphatic rings. The highest BCUT2D eigenvalue weighted by molar-refractivity contribution is 7.16. The van der Waals surface area contributed by atoms with Crippen LogP contribution >= 0.6 is 11.3 Å². The number of carbonyl (C=O) groups is 1. The van der Waals surface area contributed by atoms with Crippen LogP contribution in [0, 0.1) is 6.92 Å². The fourth-order valence-electron chi connectivity index (χ4n) is 2.91. The van der Waals surface area contributed by atoms with Gasteiger partial charge in [-0.1, -0.05) is 11.3 Å². The van der Waals surface area contributed by atoms with Crippen LogP contribution in [0.25, 0.3) is 4.96 Å². The Morgan fingerprint density at radius 1 is 1.30 bits per heavy atom. The van der Waals surface area contributed by atoms with Crippen LogP contribution < -0.4 is 5.32 Å². The molecule has 0 aliphatic carbocycles. The molecule has 3 rings (SSSR count). The van der Waals surface area contributed by atoms with Gasteiger partial charge in [0.25, 0.3) is 0 Å². The summed E-state index contributed by atoms with van der Waals surface area (Å²) in [5.74, 6) is 0.860. The number of aryl methyl sites for hydroxylation is 2. The Morgan fingerprint density at radius 3 is 2.74 bits per heavy atom. The number of fused-ring (bicyclic) bond motifs is 1. The predicted molar refractivity (Wildman–Crippen MR) is 89.6 cm³/mol. The van der Waals surface area contributed by atoms with E-state index in [0.717, 1.165) is 28.9 Å². The molecule has 0 aromatic carbocycles. The third-order valence-electron chi connectivity index (χ3n) is 4.43. The van der Waals surface area contributed by atoms with E-state index in [1.807, 2.05) is 6.92 Å².